The van der Waals surface area contributed by atoms with Crippen molar-refractivity contribution in [2.45, 2.75) is 13.3 Å². The number of rotatable bonds is 6. The summed E-state index contributed by atoms with van der Waals surface area (Å²) in [5, 5.41) is 2.23. The van der Waals surface area contributed by atoms with Gasteiger partial charge < -0.3 is 14.2 Å². The molecule has 0 aliphatic carbocycles. The van der Waals surface area contributed by atoms with Gasteiger partial charge in [0, 0.05) is 11.6 Å². The molecule has 0 atom stereocenters. The SMILES string of the molecule is CCc1ccccc1N1C(=O)NC(=O)C(=Cc2cc(OC)c(OC)cc2OC)C1=O. The smallest absolute Gasteiger partial charge is 0.335 e. The Morgan fingerprint density at radius 2 is 1.57 bits per heavy atom. The number of amides is 4. The summed E-state index contributed by atoms with van der Waals surface area (Å²) in [5.74, 6) is -0.297. The summed E-state index contributed by atoms with van der Waals surface area (Å²) in [4.78, 5) is 39.1. The Morgan fingerprint density at radius 1 is 0.933 bits per heavy atom. The predicted molar refractivity (Wildman–Crippen MR) is 111 cm³/mol. The number of barbiturate groups is 1. The molecule has 156 valence electrons. The van der Waals surface area contributed by atoms with Gasteiger partial charge in [0.15, 0.2) is 11.5 Å². The van der Waals surface area contributed by atoms with Crippen LogP contribution >= 0.6 is 0 Å². The summed E-state index contributed by atoms with van der Waals surface area (Å²) >= 11 is 0. The first-order valence-electron chi connectivity index (χ1n) is 9.24. The zero-order chi connectivity index (χ0) is 21.8. The Hall–Kier alpha value is -3.81. The second-order valence-electron chi connectivity index (χ2n) is 6.39. The standard InChI is InChI=1S/C22H22N2O6/c1-5-13-8-6-7-9-16(13)24-21(26)15(20(25)23-22(24)27)10-14-11-18(29-3)19(30-4)12-17(14)28-2/h6-12H,5H2,1-4H3,(H,23,25,27). The molecule has 1 saturated heterocycles. The summed E-state index contributed by atoms with van der Waals surface area (Å²) in [7, 11) is 4.42. The van der Waals surface area contributed by atoms with Crippen molar-refractivity contribution < 1.29 is 28.6 Å². The molecule has 0 unspecified atom stereocenters. The fourth-order valence-corrected chi connectivity index (χ4v) is 3.23. The van der Waals surface area contributed by atoms with E-state index in [0.29, 0.717) is 34.9 Å². The average Bonchev–Trinajstić information content (AvgIpc) is 2.76. The zero-order valence-electron chi connectivity index (χ0n) is 17.1. The highest BCUT2D eigenvalue weighted by Crippen LogP contribution is 2.36. The minimum absolute atomic E-state index is 0.203. The Morgan fingerprint density at radius 3 is 2.20 bits per heavy atom. The van der Waals surface area contributed by atoms with E-state index in [0.717, 1.165) is 10.5 Å². The van der Waals surface area contributed by atoms with Gasteiger partial charge in [-0.05, 0) is 30.2 Å². The van der Waals surface area contributed by atoms with Crippen LogP contribution in [-0.2, 0) is 16.0 Å². The molecular formula is C22H22N2O6. The Bertz CT molecular complexity index is 1040. The third kappa shape index (κ3) is 3.71. The lowest BCUT2D eigenvalue weighted by molar-refractivity contribution is -0.122. The maximum absolute atomic E-state index is 13.2. The third-order valence-electron chi connectivity index (χ3n) is 4.75. The van der Waals surface area contributed by atoms with Crippen LogP contribution in [0.25, 0.3) is 6.08 Å². The molecule has 0 aromatic heterocycles. The van der Waals surface area contributed by atoms with Gasteiger partial charge in [0.2, 0.25) is 0 Å². The van der Waals surface area contributed by atoms with E-state index in [2.05, 4.69) is 5.32 Å². The van der Waals surface area contributed by atoms with Gasteiger partial charge in [-0.3, -0.25) is 14.9 Å². The fourth-order valence-electron chi connectivity index (χ4n) is 3.23. The molecule has 0 spiro atoms. The van der Waals surface area contributed by atoms with Gasteiger partial charge in [0.05, 0.1) is 27.0 Å². The summed E-state index contributed by atoms with van der Waals surface area (Å²) in [6.45, 7) is 1.92. The molecule has 1 fully saturated rings. The molecule has 8 heteroatoms. The van der Waals surface area contributed by atoms with E-state index in [1.54, 1.807) is 24.3 Å². The van der Waals surface area contributed by atoms with Gasteiger partial charge >= 0.3 is 6.03 Å². The van der Waals surface area contributed by atoms with E-state index in [1.165, 1.54) is 27.4 Å². The number of aryl methyl sites for hydroxylation is 1. The molecule has 30 heavy (non-hydrogen) atoms. The molecule has 3 rings (SSSR count). The second kappa shape index (κ2) is 8.69. The van der Waals surface area contributed by atoms with Crippen molar-refractivity contribution in [3.05, 3.63) is 53.1 Å². The molecule has 2 aromatic carbocycles. The van der Waals surface area contributed by atoms with Crippen molar-refractivity contribution in [3.63, 3.8) is 0 Å². The van der Waals surface area contributed by atoms with Crippen LogP contribution in [-0.4, -0.2) is 39.2 Å². The summed E-state index contributed by atoms with van der Waals surface area (Å²) in [5.41, 5.74) is 1.45. The molecule has 0 saturated carbocycles. The first-order valence-corrected chi connectivity index (χ1v) is 9.24. The van der Waals surface area contributed by atoms with Gasteiger partial charge in [-0.15, -0.1) is 0 Å². The first kappa shape index (κ1) is 20.9. The lowest BCUT2D eigenvalue weighted by atomic mass is 10.0. The lowest BCUT2D eigenvalue weighted by Crippen LogP contribution is -2.54. The zero-order valence-corrected chi connectivity index (χ0v) is 17.1. The molecular weight excluding hydrogens is 388 g/mol. The van der Waals surface area contributed by atoms with Crippen LogP contribution in [0.2, 0.25) is 0 Å². The van der Waals surface area contributed by atoms with Crippen molar-refractivity contribution in [3.8, 4) is 17.2 Å². The van der Waals surface area contributed by atoms with Crippen LogP contribution in [0.15, 0.2) is 42.0 Å². The number of carbonyl (C=O) groups is 3. The highest BCUT2D eigenvalue weighted by Gasteiger charge is 2.37. The molecule has 8 nitrogen and oxygen atoms in total. The van der Waals surface area contributed by atoms with Crippen LogP contribution in [0.1, 0.15) is 18.1 Å². The minimum Gasteiger partial charge on any atom is -0.496 e. The molecule has 1 aliphatic rings. The van der Waals surface area contributed by atoms with Crippen molar-refractivity contribution in [1.29, 1.82) is 0 Å². The molecule has 4 amide bonds. The van der Waals surface area contributed by atoms with E-state index in [4.69, 9.17) is 14.2 Å². The second-order valence-corrected chi connectivity index (χ2v) is 6.39. The number of nitrogens with zero attached hydrogens (tertiary/aromatic N) is 1. The summed E-state index contributed by atoms with van der Waals surface area (Å²) in [6, 6.07) is 9.44. The number of ether oxygens (including phenoxy) is 3. The van der Waals surface area contributed by atoms with Gasteiger partial charge in [-0.1, -0.05) is 25.1 Å². The van der Waals surface area contributed by atoms with Crippen molar-refractivity contribution in [2.75, 3.05) is 26.2 Å². The van der Waals surface area contributed by atoms with Crippen LogP contribution in [0.5, 0.6) is 17.2 Å². The van der Waals surface area contributed by atoms with Gasteiger partial charge in [0.1, 0.15) is 11.3 Å². The minimum atomic E-state index is -0.790. The molecule has 1 aliphatic heterocycles. The normalized spacial score (nSPS) is 15.3. The first-order chi connectivity index (χ1) is 14.4. The molecule has 1 heterocycles. The van der Waals surface area contributed by atoms with Gasteiger partial charge in [-0.25, -0.2) is 9.69 Å². The van der Waals surface area contributed by atoms with E-state index >= 15 is 0 Å². The fraction of sp³-hybridized carbons (Fsp3) is 0.227. The number of urea groups is 1. The lowest BCUT2D eigenvalue weighted by Gasteiger charge is -2.28. The number of anilines is 1. The Labute approximate surface area is 174 Å². The highest BCUT2D eigenvalue weighted by atomic mass is 16.5. The number of methoxy groups -OCH3 is 3. The number of para-hydroxylation sites is 1. The molecule has 1 N–H and O–H groups in total. The maximum Gasteiger partial charge on any atom is 0.335 e. The largest absolute Gasteiger partial charge is 0.496 e. The molecule has 2 aromatic rings. The monoisotopic (exact) mass is 410 g/mol. The molecule has 0 radical (unpaired) electrons. The van der Waals surface area contributed by atoms with Crippen LogP contribution in [0, 0.1) is 0 Å². The highest BCUT2D eigenvalue weighted by molar-refractivity contribution is 6.39. The van der Waals surface area contributed by atoms with Crippen LogP contribution in [0.3, 0.4) is 0 Å². The van der Waals surface area contributed by atoms with E-state index in [1.807, 2.05) is 19.1 Å². The third-order valence-corrected chi connectivity index (χ3v) is 4.75. The quantitative estimate of drug-likeness (QED) is 0.581. The Balaban J connectivity index is 2.11. The number of hydrogen-bond acceptors (Lipinski definition) is 6. The number of carbonyl (C=O) groups excluding carboxylic acids is 3. The maximum atomic E-state index is 13.2. The van der Waals surface area contributed by atoms with E-state index in [9.17, 15) is 14.4 Å². The van der Waals surface area contributed by atoms with Crippen molar-refractivity contribution in [1.82, 2.24) is 5.32 Å². The summed E-state index contributed by atoms with van der Waals surface area (Å²) in [6.07, 6.45) is 1.98. The number of hydrogen-bond donors (Lipinski definition) is 1. The van der Waals surface area contributed by atoms with E-state index < -0.39 is 17.8 Å². The van der Waals surface area contributed by atoms with Gasteiger partial charge in [-0.2, -0.15) is 0 Å². The molecule has 0 bridgehead atoms. The number of nitrogens with one attached hydrogen (secondary N) is 1. The average molecular weight is 410 g/mol. The van der Waals surface area contributed by atoms with Gasteiger partial charge in [0.25, 0.3) is 11.8 Å². The topological polar surface area (TPSA) is 94.2 Å². The Kier molecular flexibility index (Phi) is 6.06. The number of imide groups is 2. The van der Waals surface area contributed by atoms with Crippen LogP contribution in [0.4, 0.5) is 10.5 Å². The van der Waals surface area contributed by atoms with Crippen molar-refractivity contribution >= 4 is 29.6 Å². The van der Waals surface area contributed by atoms with Crippen molar-refractivity contribution in [2.24, 2.45) is 0 Å². The van der Waals surface area contributed by atoms with E-state index in [-0.39, 0.29) is 5.57 Å². The number of benzene rings is 2. The summed E-state index contributed by atoms with van der Waals surface area (Å²) < 4.78 is 15.9. The van der Waals surface area contributed by atoms with Crippen LogP contribution < -0.4 is 24.4 Å². The predicted octanol–water partition coefficient (Wildman–Crippen LogP) is 2.94.